The molecule has 5 nitrogen and oxygen atoms in total. The molecule has 0 radical (unpaired) electrons. The predicted molar refractivity (Wildman–Crippen MR) is 108 cm³/mol. The minimum atomic E-state index is -0.0757. The molecule has 3 rings (SSSR count). The number of anilines is 1. The van der Waals surface area contributed by atoms with Crippen molar-refractivity contribution < 1.29 is 19.3 Å². The van der Waals surface area contributed by atoms with Crippen LogP contribution in [0, 0.1) is 0 Å². The van der Waals surface area contributed by atoms with E-state index in [9.17, 15) is 4.79 Å². The Bertz CT molecular complexity index is 758. The average molecular weight is 390 g/mol. The van der Waals surface area contributed by atoms with Gasteiger partial charge in [0.15, 0.2) is 6.04 Å². The molecular weight excluding hydrogens is 362 g/mol. The van der Waals surface area contributed by atoms with Crippen LogP contribution >= 0.6 is 11.6 Å². The lowest BCUT2D eigenvalue weighted by Gasteiger charge is -2.32. The number of halogens is 1. The third kappa shape index (κ3) is 5.45. The summed E-state index contributed by atoms with van der Waals surface area (Å²) in [6.07, 6.45) is 0. The minimum Gasteiger partial charge on any atom is -0.497 e. The molecule has 1 aliphatic rings. The summed E-state index contributed by atoms with van der Waals surface area (Å²) >= 11 is 5.96. The number of methoxy groups -OCH3 is 1. The van der Waals surface area contributed by atoms with Crippen LogP contribution in [0.3, 0.4) is 0 Å². The van der Waals surface area contributed by atoms with Crippen LogP contribution in [0.25, 0.3) is 0 Å². The number of hydrogen-bond donors (Lipinski definition) is 3. The van der Waals surface area contributed by atoms with Gasteiger partial charge >= 0.3 is 0 Å². The summed E-state index contributed by atoms with van der Waals surface area (Å²) in [5.41, 5.74) is 2.08. The van der Waals surface area contributed by atoms with Crippen LogP contribution in [-0.4, -0.2) is 45.2 Å². The highest BCUT2D eigenvalue weighted by molar-refractivity contribution is 6.30. The lowest BCUT2D eigenvalue weighted by atomic mass is 10.1. The van der Waals surface area contributed by atoms with Gasteiger partial charge in [-0.05, 0) is 31.2 Å². The fourth-order valence-corrected chi connectivity index (χ4v) is 3.69. The van der Waals surface area contributed by atoms with Crippen molar-refractivity contribution in [3.8, 4) is 5.75 Å². The van der Waals surface area contributed by atoms with Gasteiger partial charge in [-0.15, -0.1) is 0 Å². The topological polar surface area (TPSA) is 47.2 Å². The summed E-state index contributed by atoms with van der Waals surface area (Å²) in [6.45, 7) is 7.14. The van der Waals surface area contributed by atoms with E-state index in [1.165, 1.54) is 10.5 Å². The Labute approximate surface area is 165 Å². The molecule has 1 aliphatic heterocycles. The van der Waals surface area contributed by atoms with E-state index in [-0.39, 0.29) is 11.9 Å². The van der Waals surface area contributed by atoms with Gasteiger partial charge in [-0.3, -0.25) is 4.79 Å². The molecule has 0 bridgehead atoms. The molecule has 0 aliphatic carbocycles. The second kappa shape index (κ2) is 9.22. The van der Waals surface area contributed by atoms with Gasteiger partial charge in [0.05, 0.1) is 7.11 Å². The van der Waals surface area contributed by atoms with E-state index in [0.717, 1.165) is 49.2 Å². The van der Waals surface area contributed by atoms with Crippen LogP contribution in [0.5, 0.6) is 5.75 Å². The standard InChI is InChI=1S/C21H26ClN3O2/c1-16(21(26)23-19-4-3-5-20(14-19)27-2)25-12-10-24(11-13-25)15-17-6-8-18(22)9-7-17/h3-9,14,16H,10-13,15H2,1-2H3,(H,23,26)/p+2/t16-/m1/s1. The molecular formula is C21H28ClN3O2+2. The molecule has 144 valence electrons. The Hall–Kier alpha value is -2.08. The van der Waals surface area contributed by atoms with Crippen molar-refractivity contribution in [3.63, 3.8) is 0 Å². The van der Waals surface area contributed by atoms with Gasteiger partial charge in [-0.1, -0.05) is 29.8 Å². The molecule has 1 heterocycles. The Morgan fingerprint density at radius 1 is 1.15 bits per heavy atom. The number of benzene rings is 2. The number of carbonyl (C=O) groups excluding carboxylic acids is 1. The smallest absolute Gasteiger partial charge is 0.282 e. The van der Waals surface area contributed by atoms with Gasteiger partial charge in [0.25, 0.3) is 5.91 Å². The summed E-state index contributed by atoms with van der Waals surface area (Å²) in [5, 5.41) is 3.79. The van der Waals surface area contributed by atoms with Crippen molar-refractivity contribution in [2.45, 2.75) is 19.5 Å². The van der Waals surface area contributed by atoms with Crippen molar-refractivity contribution in [1.82, 2.24) is 0 Å². The lowest BCUT2D eigenvalue weighted by Crippen LogP contribution is -3.29. The molecule has 0 saturated carbocycles. The second-order valence-electron chi connectivity index (χ2n) is 7.15. The van der Waals surface area contributed by atoms with Crippen LogP contribution in [-0.2, 0) is 11.3 Å². The van der Waals surface area contributed by atoms with Gasteiger partial charge in [0.2, 0.25) is 0 Å². The molecule has 1 saturated heterocycles. The van der Waals surface area contributed by atoms with Gasteiger partial charge in [-0.2, -0.15) is 0 Å². The van der Waals surface area contributed by atoms with Crippen LogP contribution in [0.4, 0.5) is 5.69 Å². The van der Waals surface area contributed by atoms with Crippen LogP contribution in [0.2, 0.25) is 5.02 Å². The normalized spacial score (nSPS) is 20.7. The number of quaternary nitrogens is 2. The SMILES string of the molecule is COc1cccc(NC(=O)[C@@H](C)[NH+]2CC[NH+](Cc3ccc(Cl)cc3)CC2)c1. The number of nitrogens with one attached hydrogen (secondary N) is 3. The highest BCUT2D eigenvalue weighted by atomic mass is 35.5. The molecule has 3 N–H and O–H groups in total. The minimum absolute atomic E-state index is 0.0550. The van der Waals surface area contributed by atoms with Gasteiger partial charge in [0.1, 0.15) is 38.5 Å². The second-order valence-corrected chi connectivity index (χ2v) is 7.59. The van der Waals surface area contributed by atoms with E-state index in [4.69, 9.17) is 16.3 Å². The molecule has 6 heteroatoms. The molecule has 1 amide bonds. The molecule has 0 aromatic heterocycles. The largest absolute Gasteiger partial charge is 0.497 e. The lowest BCUT2D eigenvalue weighted by molar-refractivity contribution is -1.02. The Balaban J connectivity index is 1.49. The molecule has 0 spiro atoms. The number of ether oxygens (including phenoxy) is 1. The number of carbonyl (C=O) groups is 1. The van der Waals surface area contributed by atoms with Crippen molar-refractivity contribution in [3.05, 3.63) is 59.1 Å². The number of hydrogen-bond acceptors (Lipinski definition) is 2. The summed E-state index contributed by atoms with van der Waals surface area (Å²) < 4.78 is 5.21. The summed E-state index contributed by atoms with van der Waals surface area (Å²) in [6, 6.07) is 15.5. The fraction of sp³-hybridized carbons (Fsp3) is 0.381. The van der Waals surface area contributed by atoms with E-state index >= 15 is 0 Å². The van der Waals surface area contributed by atoms with E-state index < -0.39 is 0 Å². The summed E-state index contributed by atoms with van der Waals surface area (Å²) in [7, 11) is 1.62. The molecule has 2 aromatic carbocycles. The quantitative estimate of drug-likeness (QED) is 0.679. The van der Waals surface area contributed by atoms with Crippen molar-refractivity contribution in [2.75, 3.05) is 38.6 Å². The van der Waals surface area contributed by atoms with Crippen molar-refractivity contribution >= 4 is 23.2 Å². The zero-order valence-corrected chi connectivity index (χ0v) is 16.7. The Morgan fingerprint density at radius 2 is 1.85 bits per heavy atom. The van der Waals surface area contributed by atoms with E-state index in [2.05, 4.69) is 17.4 Å². The maximum Gasteiger partial charge on any atom is 0.282 e. The van der Waals surface area contributed by atoms with E-state index in [1.54, 1.807) is 12.0 Å². The van der Waals surface area contributed by atoms with E-state index in [0.29, 0.717) is 0 Å². The number of amides is 1. The molecule has 1 atom stereocenters. The average Bonchev–Trinajstić information content (AvgIpc) is 2.70. The highest BCUT2D eigenvalue weighted by Gasteiger charge is 2.31. The molecule has 1 fully saturated rings. The third-order valence-electron chi connectivity index (χ3n) is 5.31. The first kappa shape index (κ1) is 19.7. The van der Waals surface area contributed by atoms with Crippen molar-refractivity contribution in [1.29, 1.82) is 0 Å². The highest BCUT2D eigenvalue weighted by Crippen LogP contribution is 2.16. The summed E-state index contributed by atoms with van der Waals surface area (Å²) in [4.78, 5) is 15.5. The third-order valence-corrected chi connectivity index (χ3v) is 5.56. The first-order valence-electron chi connectivity index (χ1n) is 9.42. The monoisotopic (exact) mass is 389 g/mol. The summed E-state index contributed by atoms with van der Waals surface area (Å²) in [5.74, 6) is 0.798. The first-order chi connectivity index (χ1) is 13.0. The van der Waals surface area contributed by atoms with Gasteiger partial charge in [-0.25, -0.2) is 0 Å². The predicted octanol–water partition coefficient (Wildman–Crippen LogP) is 0.659. The Kier molecular flexibility index (Phi) is 6.72. The molecule has 2 aromatic rings. The first-order valence-corrected chi connectivity index (χ1v) is 9.80. The van der Waals surface area contributed by atoms with Crippen molar-refractivity contribution in [2.24, 2.45) is 0 Å². The van der Waals surface area contributed by atoms with Gasteiger partial charge in [0, 0.05) is 22.3 Å². The van der Waals surface area contributed by atoms with Crippen LogP contribution in [0.15, 0.2) is 48.5 Å². The zero-order valence-electron chi connectivity index (χ0n) is 15.9. The Morgan fingerprint density at radius 3 is 2.52 bits per heavy atom. The van der Waals surface area contributed by atoms with Gasteiger partial charge < -0.3 is 19.9 Å². The maximum atomic E-state index is 12.6. The fourth-order valence-electron chi connectivity index (χ4n) is 3.56. The van der Waals surface area contributed by atoms with Crippen LogP contribution in [0.1, 0.15) is 12.5 Å². The zero-order chi connectivity index (χ0) is 19.2. The maximum absolute atomic E-state index is 12.6. The number of piperazine rings is 1. The van der Waals surface area contributed by atoms with Crippen LogP contribution < -0.4 is 19.9 Å². The number of rotatable bonds is 6. The molecule has 27 heavy (non-hydrogen) atoms. The van der Waals surface area contributed by atoms with E-state index in [1.807, 2.05) is 43.3 Å². The molecule has 0 unspecified atom stereocenters.